The van der Waals surface area contributed by atoms with E-state index in [-0.39, 0.29) is 0 Å². The third-order valence-electron chi connectivity index (χ3n) is 3.42. The van der Waals surface area contributed by atoms with Crippen LogP contribution in [0.4, 0.5) is 0 Å². The van der Waals surface area contributed by atoms with Gasteiger partial charge in [-0.25, -0.2) is 8.42 Å². The first kappa shape index (κ1) is 16.1. The molecule has 0 spiro atoms. The molecule has 1 aromatic carbocycles. The summed E-state index contributed by atoms with van der Waals surface area (Å²) < 4.78 is 23.6. The van der Waals surface area contributed by atoms with E-state index in [1.54, 1.807) is 18.2 Å². The van der Waals surface area contributed by atoms with Crippen LogP contribution in [0.3, 0.4) is 0 Å². The molecule has 1 N–H and O–H groups in total. The number of sulfone groups is 1. The first-order valence-electron chi connectivity index (χ1n) is 6.78. The van der Waals surface area contributed by atoms with Crippen LogP contribution in [-0.4, -0.2) is 32.2 Å². The number of halogens is 1. The molecule has 20 heavy (non-hydrogen) atoms. The molecule has 0 aromatic heterocycles. The van der Waals surface area contributed by atoms with Crippen molar-refractivity contribution < 1.29 is 8.42 Å². The lowest BCUT2D eigenvalue weighted by atomic mass is 10.2. The molecule has 3 nitrogen and oxygen atoms in total. The Morgan fingerprint density at radius 2 is 2.20 bits per heavy atom. The number of thioether (sulfide) groups is 1. The summed E-state index contributed by atoms with van der Waals surface area (Å²) in [4.78, 5) is 0.328. The normalized spacial score (nSPS) is 20.0. The summed E-state index contributed by atoms with van der Waals surface area (Å²) in [5.74, 6) is 1.23. The molecule has 1 aliphatic rings. The fourth-order valence-electron chi connectivity index (χ4n) is 2.38. The van der Waals surface area contributed by atoms with E-state index >= 15 is 0 Å². The van der Waals surface area contributed by atoms with E-state index < -0.39 is 9.84 Å². The first-order valence-corrected chi connectivity index (χ1v) is 10.1. The molecule has 0 amide bonds. The summed E-state index contributed by atoms with van der Waals surface area (Å²) in [5, 5.41) is 4.50. The Morgan fingerprint density at radius 3 is 2.85 bits per heavy atom. The van der Waals surface area contributed by atoms with Crippen LogP contribution in [0, 0.1) is 0 Å². The van der Waals surface area contributed by atoms with E-state index in [9.17, 15) is 8.42 Å². The van der Waals surface area contributed by atoms with Crippen LogP contribution in [0.2, 0.25) is 5.02 Å². The van der Waals surface area contributed by atoms with Gasteiger partial charge in [0.05, 0.1) is 4.90 Å². The number of rotatable bonds is 5. The van der Waals surface area contributed by atoms with Gasteiger partial charge in [-0.2, -0.15) is 11.8 Å². The zero-order chi connectivity index (χ0) is 14.6. The van der Waals surface area contributed by atoms with Gasteiger partial charge in [0.1, 0.15) is 0 Å². The van der Waals surface area contributed by atoms with Crippen LogP contribution in [0.25, 0.3) is 0 Å². The third kappa shape index (κ3) is 4.38. The molecule has 1 heterocycles. The number of benzene rings is 1. The minimum atomic E-state index is -3.24. The Bertz CT molecular complexity index is 554. The van der Waals surface area contributed by atoms with Crippen molar-refractivity contribution >= 4 is 33.2 Å². The van der Waals surface area contributed by atoms with Gasteiger partial charge in [-0.3, -0.25) is 0 Å². The SMILES string of the molecule is CS(=O)(=O)c1cccc(Cl)c1CNCC1CCCCS1. The van der Waals surface area contributed by atoms with Gasteiger partial charge in [-0.15, -0.1) is 0 Å². The highest BCUT2D eigenvalue weighted by molar-refractivity contribution is 7.99. The first-order chi connectivity index (χ1) is 9.48. The standard InChI is InChI=1S/C14H20ClNO2S2/c1-20(17,18)14-7-4-6-13(15)12(14)10-16-9-11-5-2-3-8-19-11/h4,6-7,11,16H,2-3,5,8-10H2,1H3. The monoisotopic (exact) mass is 333 g/mol. The van der Waals surface area contributed by atoms with Crippen LogP contribution in [0.5, 0.6) is 0 Å². The van der Waals surface area contributed by atoms with E-state index in [0.717, 1.165) is 6.54 Å². The molecule has 1 unspecified atom stereocenters. The predicted molar refractivity (Wildman–Crippen MR) is 86.4 cm³/mol. The van der Waals surface area contributed by atoms with Gasteiger partial charge in [0.25, 0.3) is 0 Å². The smallest absolute Gasteiger partial charge is 0.175 e. The lowest BCUT2D eigenvalue weighted by molar-refractivity contribution is 0.587. The predicted octanol–water partition coefficient (Wildman–Crippen LogP) is 3.12. The zero-order valence-electron chi connectivity index (χ0n) is 11.6. The van der Waals surface area contributed by atoms with Crippen LogP contribution in [0.15, 0.2) is 23.1 Å². The highest BCUT2D eigenvalue weighted by atomic mass is 35.5. The van der Waals surface area contributed by atoms with Gasteiger partial charge in [-0.05, 0) is 30.7 Å². The quantitative estimate of drug-likeness (QED) is 0.899. The second-order valence-corrected chi connectivity index (χ2v) is 8.91. The van der Waals surface area contributed by atoms with Crippen molar-refractivity contribution in [2.24, 2.45) is 0 Å². The second kappa shape index (κ2) is 7.16. The van der Waals surface area contributed by atoms with Crippen molar-refractivity contribution in [3.05, 3.63) is 28.8 Å². The number of hydrogen-bond acceptors (Lipinski definition) is 4. The number of hydrogen-bond donors (Lipinski definition) is 1. The molecule has 0 aliphatic carbocycles. The Kier molecular flexibility index (Phi) is 5.78. The fourth-order valence-corrected chi connectivity index (χ4v) is 4.91. The molecule has 2 rings (SSSR count). The molecule has 0 saturated carbocycles. The second-order valence-electron chi connectivity index (χ2n) is 5.11. The largest absolute Gasteiger partial charge is 0.311 e. The average molecular weight is 334 g/mol. The van der Waals surface area contributed by atoms with Crippen LogP contribution in [-0.2, 0) is 16.4 Å². The van der Waals surface area contributed by atoms with Crippen molar-refractivity contribution in [1.82, 2.24) is 5.32 Å². The topological polar surface area (TPSA) is 46.2 Å². The van der Waals surface area contributed by atoms with Gasteiger partial charge in [0, 0.05) is 35.2 Å². The molecule has 1 fully saturated rings. The minimum absolute atomic E-state index is 0.328. The van der Waals surface area contributed by atoms with Crippen molar-refractivity contribution in [2.45, 2.75) is 36.0 Å². The van der Waals surface area contributed by atoms with Gasteiger partial charge in [0.2, 0.25) is 0 Å². The average Bonchev–Trinajstić information content (AvgIpc) is 2.40. The van der Waals surface area contributed by atoms with E-state index in [0.29, 0.717) is 27.3 Å². The molecule has 1 atom stereocenters. The molecule has 1 aliphatic heterocycles. The van der Waals surface area contributed by atoms with Crippen LogP contribution >= 0.6 is 23.4 Å². The molecule has 1 aromatic rings. The fraction of sp³-hybridized carbons (Fsp3) is 0.571. The number of nitrogens with one attached hydrogen (secondary N) is 1. The van der Waals surface area contributed by atoms with Crippen molar-refractivity contribution in [2.75, 3.05) is 18.6 Å². The maximum Gasteiger partial charge on any atom is 0.175 e. The Hall–Kier alpha value is -0.230. The van der Waals surface area contributed by atoms with Crippen molar-refractivity contribution in [1.29, 1.82) is 0 Å². The van der Waals surface area contributed by atoms with Crippen molar-refractivity contribution in [3.63, 3.8) is 0 Å². The zero-order valence-corrected chi connectivity index (χ0v) is 14.0. The highest BCUT2D eigenvalue weighted by Gasteiger charge is 2.17. The highest BCUT2D eigenvalue weighted by Crippen LogP contribution is 2.26. The van der Waals surface area contributed by atoms with Gasteiger partial charge >= 0.3 is 0 Å². The van der Waals surface area contributed by atoms with Gasteiger partial charge in [-0.1, -0.05) is 24.1 Å². The molecule has 0 radical (unpaired) electrons. The third-order valence-corrected chi connectivity index (χ3v) is 6.36. The van der Waals surface area contributed by atoms with Gasteiger partial charge in [0.15, 0.2) is 9.84 Å². The maximum atomic E-state index is 11.8. The lowest BCUT2D eigenvalue weighted by Crippen LogP contribution is -2.27. The lowest BCUT2D eigenvalue weighted by Gasteiger charge is -2.22. The summed E-state index contributed by atoms with van der Waals surface area (Å²) >= 11 is 8.15. The van der Waals surface area contributed by atoms with E-state index in [1.165, 1.54) is 31.3 Å². The summed E-state index contributed by atoms with van der Waals surface area (Å²) in [5.41, 5.74) is 0.678. The maximum absolute atomic E-state index is 11.8. The van der Waals surface area contributed by atoms with Crippen LogP contribution in [0.1, 0.15) is 24.8 Å². The Labute approximate surface area is 130 Å². The molecule has 112 valence electrons. The summed E-state index contributed by atoms with van der Waals surface area (Å²) in [6, 6.07) is 5.04. The van der Waals surface area contributed by atoms with Gasteiger partial charge < -0.3 is 5.32 Å². The molecular weight excluding hydrogens is 314 g/mol. The van der Waals surface area contributed by atoms with E-state index in [1.807, 2.05) is 11.8 Å². The molecule has 0 bridgehead atoms. The summed E-state index contributed by atoms with van der Waals surface area (Å²) in [7, 11) is -3.24. The molecule has 6 heteroatoms. The Balaban J connectivity index is 2.01. The van der Waals surface area contributed by atoms with Crippen molar-refractivity contribution in [3.8, 4) is 0 Å². The Morgan fingerprint density at radius 1 is 1.40 bits per heavy atom. The minimum Gasteiger partial charge on any atom is -0.311 e. The van der Waals surface area contributed by atoms with E-state index in [2.05, 4.69) is 5.32 Å². The van der Waals surface area contributed by atoms with Crippen LogP contribution < -0.4 is 5.32 Å². The summed E-state index contributed by atoms with van der Waals surface area (Å²) in [6.07, 6.45) is 5.06. The van der Waals surface area contributed by atoms with E-state index in [4.69, 9.17) is 11.6 Å². The summed E-state index contributed by atoms with van der Waals surface area (Å²) in [6.45, 7) is 1.40. The molecule has 1 saturated heterocycles. The molecular formula is C14H20ClNO2S2.